The van der Waals surface area contributed by atoms with Crippen LogP contribution in [-0.2, 0) is 18.5 Å². The quantitative estimate of drug-likeness (QED) is 0.611. The van der Waals surface area contributed by atoms with E-state index in [0.29, 0.717) is 6.42 Å². The molecule has 0 radical (unpaired) electrons. The van der Waals surface area contributed by atoms with Crippen LogP contribution in [0.25, 0.3) is 0 Å². The Labute approximate surface area is 134 Å². The predicted molar refractivity (Wildman–Crippen MR) is 82.5 cm³/mol. The van der Waals surface area contributed by atoms with Crippen LogP contribution in [0.1, 0.15) is 33.1 Å². The summed E-state index contributed by atoms with van der Waals surface area (Å²) in [6.07, 6.45) is 1.63. The van der Waals surface area contributed by atoms with Crippen molar-refractivity contribution >= 4 is 23.9 Å². The van der Waals surface area contributed by atoms with Gasteiger partial charge in [-0.1, -0.05) is 0 Å². The number of piperidine rings is 1. The van der Waals surface area contributed by atoms with E-state index < -0.39 is 5.97 Å². The minimum Gasteiger partial charge on any atom is -0.481 e. The van der Waals surface area contributed by atoms with E-state index in [2.05, 4.69) is 10.6 Å². The van der Waals surface area contributed by atoms with Crippen molar-refractivity contribution in [2.24, 2.45) is 0 Å². The lowest BCUT2D eigenvalue weighted by Gasteiger charge is -2.43. The minimum absolute atomic E-state index is 0.0507. The van der Waals surface area contributed by atoms with Gasteiger partial charge in [0.1, 0.15) is 11.4 Å². The highest BCUT2D eigenvalue weighted by atomic mass is 32.2. The minimum atomic E-state index is -0.921. The summed E-state index contributed by atoms with van der Waals surface area (Å²) in [5.74, 6) is -1.09. The zero-order valence-corrected chi connectivity index (χ0v) is 13.7. The molecule has 2 fully saturated rings. The van der Waals surface area contributed by atoms with E-state index in [4.69, 9.17) is 14.0 Å². The summed E-state index contributed by atoms with van der Waals surface area (Å²) in [6.45, 7) is 5.00. The molecule has 1 amide bonds. The number of rotatable bonds is 6. The molecule has 0 aliphatic carbocycles. The van der Waals surface area contributed by atoms with Crippen molar-refractivity contribution in [3.8, 4) is 0 Å². The first-order valence-electron chi connectivity index (χ1n) is 7.68. The molecule has 0 aromatic carbocycles. The summed E-state index contributed by atoms with van der Waals surface area (Å²) >= 11 is 1.17. The van der Waals surface area contributed by atoms with Gasteiger partial charge in [-0.05, 0) is 33.2 Å². The molecule has 4 unspecified atom stereocenters. The highest BCUT2D eigenvalue weighted by molar-refractivity contribution is 7.96. The van der Waals surface area contributed by atoms with Crippen LogP contribution in [0, 0.1) is 0 Å². The molecular formula is C14H24N2O5S. The molecule has 0 bridgehead atoms. The summed E-state index contributed by atoms with van der Waals surface area (Å²) < 4.78 is 11.7. The second-order valence-corrected chi connectivity index (χ2v) is 6.84. The van der Waals surface area contributed by atoms with E-state index in [0.717, 1.165) is 13.0 Å². The van der Waals surface area contributed by atoms with E-state index in [-0.39, 0.29) is 48.5 Å². The van der Waals surface area contributed by atoms with Crippen LogP contribution in [0.5, 0.6) is 0 Å². The van der Waals surface area contributed by atoms with Crippen LogP contribution in [-0.4, -0.2) is 59.7 Å². The fourth-order valence-electron chi connectivity index (χ4n) is 2.75. The van der Waals surface area contributed by atoms with Gasteiger partial charge in [-0.25, -0.2) is 0 Å². The monoisotopic (exact) mass is 332 g/mol. The van der Waals surface area contributed by atoms with Crippen molar-refractivity contribution in [1.82, 2.24) is 10.6 Å². The summed E-state index contributed by atoms with van der Waals surface area (Å²) in [5.41, 5.74) is 0. The molecule has 126 valence electrons. The number of carboxylic acid groups (broad SMARTS) is 1. The van der Waals surface area contributed by atoms with Gasteiger partial charge in [0, 0.05) is 24.6 Å². The molecule has 0 aromatic heterocycles. The molecule has 0 spiro atoms. The largest absolute Gasteiger partial charge is 0.481 e. The lowest BCUT2D eigenvalue weighted by atomic mass is 9.94. The maximum atomic E-state index is 12.0. The SMILES string of the molecule is CC(C)OC1CCNC2CC(C(=O)NCCC(=O)O)SOC21. The van der Waals surface area contributed by atoms with E-state index in [1.54, 1.807) is 0 Å². The number of carboxylic acids is 1. The first kappa shape index (κ1) is 17.5. The average Bonchev–Trinajstić information content (AvgIpc) is 2.46. The Kier molecular flexibility index (Phi) is 6.49. The summed E-state index contributed by atoms with van der Waals surface area (Å²) in [7, 11) is 0. The van der Waals surface area contributed by atoms with Crippen LogP contribution < -0.4 is 10.6 Å². The summed E-state index contributed by atoms with van der Waals surface area (Å²) in [4.78, 5) is 22.5. The third-order valence-corrected chi connectivity index (χ3v) is 4.70. The number of ether oxygens (including phenoxy) is 1. The molecule has 2 aliphatic heterocycles. The van der Waals surface area contributed by atoms with Gasteiger partial charge in [0.25, 0.3) is 0 Å². The van der Waals surface area contributed by atoms with E-state index >= 15 is 0 Å². The van der Waals surface area contributed by atoms with E-state index in [1.165, 1.54) is 12.0 Å². The highest BCUT2D eigenvalue weighted by Gasteiger charge is 2.42. The molecular weight excluding hydrogens is 308 g/mol. The summed E-state index contributed by atoms with van der Waals surface area (Å²) in [6, 6.07) is 0.0916. The molecule has 3 N–H and O–H groups in total. The van der Waals surface area contributed by atoms with Gasteiger partial charge in [0.15, 0.2) is 0 Å². The molecule has 2 aliphatic rings. The normalized spacial score (nSPS) is 31.6. The number of carbonyl (C=O) groups excluding carboxylic acids is 1. The lowest BCUT2D eigenvalue weighted by molar-refractivity contribution is -0.136. The van der Waals surface area contributed by atoms with Gasteiger partial charge in [-0.15, -0.1) is 0 Å². The Bertz CT molecular complexity index is 407. The van der Waals surface area contributed by atoms with Crippen LogP contribution in [0.4, 0.5) is 0 Å². The number of aliphatic carboxylic acids is 1. The molecule has 2 heterocycles. The number of hydrogen-bond donors (Lipinski definition) is 3. The first-order chi connectivity index (χ1) is 10.5. The molecule has 0 saturated carbocycles. The number of hydrogen-bond acceptors (Lipinski definition) is 6. The van der Waals surface area contributed by atoms with Crippen LogP contribution in [0.15, 0.2) is 0 Å². The van der Waals surface area contributed by atoms with Crippen LogP contribution in [0.3, 0.4) is 0 Å². The molecule has 7 nitrogen and oxygen atoms in total. The Hall–Kier alpha value is -0.830. The predicted octanol–water partition coefficient (Wildman–Crippen LogP) is 0.539. The molecule has 22 heavy (non-hydrogen) atoms. The Balaban J connectivity index is 1.83. The number of fused-ring (bicyclic) bond motifs is 1. The van der Waals surface area contributed by atoms with Gasteiger partial charge in [0.2, 0.25) is 5.91 Å². The third kappa shape index (κ3) is 4.84. The van der Waals surface area contributed by atoms with Crippen molar-refractivity contribution in [2.75, 3.05) is 13.1 Å². The van der Waals surface area contributed by atoms with Crippen molar-refractivity contribution in [3.05, 3.63) is 0 Å². The van der Waals surface area contributed by atoms with Crippen LogP contribution >= 0.6 is 12.0 Å². The maximum Gasteiger partial charge on any atom is 0.305 e. The van der Waals surface area contributed by atoms with E-state index in [1.807, 2.05) is 13.8 Å². The Morgan fingerprint density at radius 2 is 2.27 bits per heavy atom. The van der Waals surface area contributed by atoms with Crippen molar-refractivity contribution in [1.29, 1.82) is 0 Å². The van der Waals surface area contributed by atoms with Crippen LogP contribution in [0.2, 0.25) is 0 Å². The fraction of sp³-hybridized carbons (Fsp3) is 0.857. The van der Waals surface area contributed by atoms with Crippen molar-refractivity contribution in [2.45, 2.75) is 62.7 Å². The van der Waals surface area contributed by atoms with Gasteiger partial charge in [-0.2, -0.15) is 0 Å². The first-order valence-corrected chi connectivity index (χ1v) is 8.48. The lowest BCUT2D eigenvalue weighted by Crippen LogP contribution is -2.58. The molecule has 2 saturated heterocycles. The fourth-order valence-corrected chi connectivity index (χ4v) is 3.73. The Morgan fingerprint density at radius 3 is 2.95 bits per heavy atom. The zero-order valence-electron chi connectivity index (χ0n) is 12.9. The molecule has 8 heteroatoms. The smallest absolute Gasteiger partial charge is 0.305 e. The Morgan fingerprint density at radius 1 is 1.50 bits per heavy atom. The topological polar surface area (TPSA) is 96.9 Å². The van der Waals surface area contributed by atoms with Gasteiger partial charge < -0.3 is 24.7 Å². The zero-order chi connectivity index (χ0) is 16.1. The van der Waals surface area contributed by atoms with E-state index in [9.17, 15) is 9.59 Å². The van der Waals surface area contributed by atoms with Crippen molar-refractivity contribution < 1.29 is 23.6 Å². The number of carbonyl (C=O) groups is 2. The van der Waals surface area contributed by atoms with Gasteiger partial charge in [-0.3, -0.25) is 9.59 Å². The molecule has 4 atom stereocenters. The number of amides is 1. The van der Waals surface area contributed by atoms with Gasteiger partial charge in [0.05, 0.1) is 18.6 Å². The average molecular weight is 332 g/mol. The van der Waals surface area contributed by atoms with Gasteiger partial charge >= 0.3 is 5.97 Å². The maximum absolute atomic E-state index is 12.0. The highest BCUT2D eigenvalue weighted by Crippen LogP contribution is 2.34. The molecule has 0 aromatic rings. The summed E-state index contributed by atoms with van der Waals surface area (Å²) in [5, 5.41) is 14.3. The second kappa shape index (κ2) is 8.14. The standard InChI is InChI=1S/C14H24N2O5S/c1-8(2)20-10-3-5-15-9-7-11(22-21-13(9)10)14(19)16-6-4-12(17)18/h8-11,13,15H,3-7H2,1-2H3,(H,16,19)(H,17,18). The second-order valence-electron chi connectivity index (χ2n) is 5.89. The number of nitrogens with one attached hydrogen (secondary N) is 2. The molecule has 2 rings (SSSR count). The third-order valence-electron chi connectivity index (χ3n) is 3.73. The van der Waals surface area contributed by atoms with Crippen molar-refractivity contribution in [3.63, 3.8) is 0 Å².